The third-order valence-electron chi connectivity index (χ3n) is 4.40. The van der Waals surface area contributed by atoms with Crippen molar-refractivity contribution < 1.29 is 0 Å². The van der Waals surface area contributed by atoms with E-state index in [9.17, 15) is 4.79 Å². The zero-order chi connectivity index (χ0) is 17.1. The Kier molecular flexibility index (Phi) is 4.61. The molecule has 0 N–H and O–H groups in total. The fourth-order valence-corrected chi connectivity index (χ4v) is 2.90. The number of hydrogen-bond acceptors (Lipinski definition) is 2. The summed E-state index contributed by atoms with van der Waals surface area (Å²) in [5.74, 6) is 0. The molecule has 1 heterocycles. The van der Waals surface area contributed by atoms with Gasteiger partial charge in [0, 0.05) is 12.1 Å². The van der Waals surface area contributed by atoms with Crippen molar-refractivity contribution in [2.45, 2.75) is 33.2 Å². The molecule has 0 aliphatic rings. The molecule has 0 bridgehead atoms. The maximum Gasteiger partial charge on any atom is 0.277 e. The van der Waals surface area contributed by atoms with E-state index in [2.05, 4.69) is 37.5 Å². The number of unbranched alkanes of at least 4 members (excludes halogenated alkanes) is 1. The zero-order valence-electron chi connectivity index (χ0n) is 14.2. The van der Waals surface area contributed by atoms with E-state index in [4.69, 9.17) is 0 Å². The van der Waals surface area contributed by atoms with Crippen molar-refractivity contribution in [3.05, 3.63) is 76.6 Å². The average Bonchev–Trinajstić information content (AvgIpc) is 2.59. The Bertz CT molecular complexity index is 939. The van der Waals surface area contributed by atoms with Crippen molar-refractivity contribution in [3.8, 4) is 11.3 Å². The fraction of sp³-hybridized carbons (Fsp3) is 0.238. The van der Waals surface area contributed by atoms with Gasteiger partial charge in [0.15, 0.2) is 0 Å². The van der Waals surface area contributed by atoms with Crippen LogP contribution < -0.4 is 5.56 Å². The molecule has 0 spiro atoms. The van der Waals surface area contributed by atoms with Crippen molar-refractivity contribution in [2.75, 3.05) is 0 Å². The summed E-state index contributed by atoms with van der Waals surface area (Å²) in [5.41, 5.74) is 5.49. The number of aromatic nitrogens is 2. The van der Waals surface area contributed by atoms with Crippen LogP contribution in [0.4, 0.5) is 0 Å². The van der Waals surface area contributed by atoms with Gasteiger partial charge >= 0.3 is 0 Å². The summed E-state index contributed by atoms with van der Waals surface area (Å²) in [6.07, 6.45) is 3.67. The molecule has 0 atom stereocenters. The van der Waals surface area contributed by atoms with E-state index in [1.54, 1.807) is 0 Å². The van der Waals surface area contributed by atoms with Crippen molar-refractivity contribution in [1.82, 2.24) is 9.55 Å². The first-order valence-electron chi connectivity index (χ1n) is 8.30. The lowest BCUT2D eigenvalue weighted by atomic mass is 10.1. The van der Waals surface area contributed by atoms with Gasteiger partial charge in [-0.15, -0.1) is 6.58 Å². The summed E-state index contributed by atoms with van der Waals surface area (Å²) in [5, 5.41) is 0. The van der Waals surface area contributed by atoms with Gasteiger partial charge in [-0.2, -0.15) is 0 Å². The molecule has 0 unspecified atom stereocenters. The molecule has 2 aromatic carbocycles. The minimum Gasteiger partial charge on any atom is -0.305 e. The van der Waals surface area contributed by atoms with Crippen LogP contribution in [0.15, 0.2) is 59.9 Å². The normalized spacial score (nSPS) is 10.9. The molecular formula is C21H22N2O. The third kappa shape index (κ3) is 3.02. The van der Waals surface area contributed by atoms with Gasteiger partial charge < -0.3 is 4.57 Å². The number of benzene rings is 2. The highest BCUT2D eigenvalue weighted by Gasteiger charge is 2.13. The molecule has 3 rings (SSSR count). The zero-order valence-corrected chi connectivity index (χ0v) is 14.2. The van der Waals surface area contributed by atoms with Crippen molar-refractivity contribution >= 4 is 11.0 Å². The predicted octanol–water partition coefficient (Wildman–Crippen LogP) is 4.65. The Morgan fingerprint density at radius 3 is 2.54 bits per heavy atom. The summed E-state index contributed by atoms with van der Waals surface area (Å²) in [6.45, 7) is 8.58. The Labute approximate surface area is 142 Å². The standard InChI is InChI=1S/C21H22N2O/c1-4-5-9-12-23-19-14-16(3)15(2)13-18(19)22-20(21(23)24)17-10-7-6-8-11-17/h4,6-8,10-11,13-14H,1,5,9,12H2,2-3H3. The van der Waals surface area contributed by atoms with Crippen LogP contribution in [-0.2, 0) is 6.54 Å². The molecule has 0 fully saturated rings. The van der Waals surface area contributed by atoms with Crippen LogP contribution in [0.25, 0.3) is 22.3 Å². The van der Waals surface area contributed by atoms with Gasteiger partial charge in [0.1, 0.15) is 5.69 Å². The molecule has 24 heavy (non-hydrogen) atoms. The first-order chi connectivity index (χ1) is 11.6. The van der Waals surface area contributed by atoms with Gasteiger partial charge in [0.05, 0.1) is 11.0 Å². The second-order valence-electron chi connectivity index (χ2n) is 6.14. The van der Waals surface area contributed by atoms with Crippen LogP contribution in [0.1, 0.15) is 24.0 Å². The van der Waals surface area contributed by atoms with Crippen molar-refractivity contribution in [2.24, 2.45) is 0 Å². The summed E-state index contributed by atoms with van der Waals surface area (Å²) < 4.78 is 1.86. The summed E-state index contributed by atoms with van der Waals surface area (Å²) in [7, 11) is 0. The molecule has 0 amide bonds. The largest absolute Gasteiger partial charge is 0.305 e. The first kappa shape index (κ1) is 16.2. The van der Waals surface area contributed by atoms with E-state index in [-0.39, 0.29) is 5.56 Å². The van der Waals surface area contributed by atoms with Gasteiger partial charge in [-0.05, 0) is 49.9 Å². The Hall–Kier alpha value is -2.68. The number of aryl methyl sites for hydroxylation is 3. The van der Waals surface area contributed by atoms with E-state index in [0.717, 1.165) is 29.4 Å². The topological polar surface area (TPSA) is 34.9 Å². The molecule has 3 heteroatoms. The van der Waals surface area contributed by atoms with Gasteiger partial charge in [-0.25, -0.2) is 4.98 Å². The molecular weight excluding hydrogens is 296 g/mol. The first-order valence-corrected chi connectivity index (χ1v) is 8.30. The summed E-state index contributed by atoms with van der Waals surface area (Å²) >= 11 is 0. The molecule has 122 valence electrons. The third-order valence-corrected chi connectivity index (χ3v) is 4.40. The average molecular weight is 318 g/mol. The van der Waals surface area contributed by atoms with Gasteiger partial charge in [0.25, 0.3) is 5.56 Å². The molecule has 0 aliphatic carbocycles. The van der Waals surface area contributed by atoms with Crippen molar-refractivity contribution in [3.63, 3.8) is 0 Å². The highest BCUT2D eigenvalue weighted by atomic mass is 16.1. The smallest absolute Gasteiger partial charge is 0.277 e. The van der Waals surface area contributed by atoms with E-state index in [1.165, 1.54) is 11.1 Å². The molecule has 0 saturated carbocycles. The number of nitrogens with zero attached hydrogens (tertiary/aromatic N) is 2. The van der Waals surface area contributed by atoms with E-state index >= 15 is 0 Å². The van der Waals surface area contributed by atoms with E-state index in [1.807, 2.05) is 41.0 Å². The lowest BCUT2D eigenvalue weighted by Crippen LogP contribution is -2.24. The summed E-state index contributed by atoms with van der Waals surface area (Å²) in [6, 6.07) is 13.8. The Balaban J connectivity index is 2.27. The van der Waals surface area contributed by atoms with Crippen LogP contribution in [0.2, 0.25) is 0 Å². The van der Waals surface area contributed by atoms with Crippen LogP contribution in [0, 0.1) is 13.8 Å². The van der Waals surface area contributed by atoms with Gasteiger partial charge in [0.2, 0.25) is 0 Å². The maximum atomic E-state index is 13.0. The minimum atomic E-state index is -0.0268. The summed E-state index contributed by atoms with van der Waals surface area (Å²) in [4.78, 5) is 17.7. The van der Waals surface area contributed by atoms with Crippen LogP contribution in [0.3, 0.4) is 0 Å². The van der Waals surface area contributed by atoms with Crippen LogP contribution >= 0.6 is 0 Å². The van der Waals surface area contributed by atoms with E-state index in [0.29, 0.717) is 12.2 Å². The lowest BCUT2D eigenvalue weighted by molar-refractivity contribution is 0.648. The highest BCUT2D eigenvalue weighted by Crippen LogP contribution is 2.21. The lowest BCUT2D eigenvalue weighted by Gasteiger charge is -2.14. The molecule has 3 nitrogen and oxygen atoms in total. The number of fused-ring (bicyclic) bond motifs is 1. The molecule has 0 saturated heterocycles. The second kappa shape index (κ2) is 6.83. The molecule has 0 radical (unpaired) electrons. The second-order valence-corrected chi connectivity index (χ2v) is 6.14. The predicted molar refractivity (Wildman–Crippen MR) is 100 cm³/mol. The number of rotatable bonds is 5. The SMILES string of the molecule is C=CCCCn1c(=O)c(-c2ccccc2)nc2cc(C)c(C)cc21. The quantitative estimate of drug-likeness (QED) is 0.507. The maximum absolute atomic E-state index is 13.0. The fourth-order valence-electron chi connectivity index (χ4n) is 2.90. The number of hydrogen-bond donors (Lipinski definition) is 0. The highest BCUT2D eigenvalue weighted by molar-refractivity contribution is 5.79. The van der Waals surface area contributed by atoms with Crippen LogP contribution in [-0.4, -0.2) is 9.55 Å². The monoisotopic (exact) mass is 318 g/mol. The van der Waals surface area contributed by atoms with Gasteiger partial charge in [-0.3, -0.25) is 4.79 Å². The molecule has 0 aliphatic heterocycles. The molecule has 3 aromatic rings. The van der Waals surface area contributed by atoms with Gasteiger partial charge in [-0.1, -0.05) is 36.4 Å². The number of allylic oxidation sites excluding steroid dienone is 1. The Morgan fingerprint density at radius 1 is 1.12 bits per heavy atom. The van der Waals surface area contributed by atoms with Crippen molar-refractivity contribution in [1.29, 1.82) is 0 Å². The Morgan fingerprint density at radius 2 is 1.83 bits per heavy atom. The molecule has 1 aromatic heterocycles. The van der Waals surface area contributed by atoms with E-state index < -0.39 is 0 Å². The minimum absolute atomic E-state index is 0.0268. The van der Waals surface area contributed by atoms with Crippen LogP contribution in [0.5, 0.6) is 0 Å².